The molecular formula is C27H48N2O2. The molecule has 0 aromatic carbocycles. The highest BCUT2D eigenvalue weighted by atomic mass is 16.2. The van der Waals surface area contributed by atoms with Crippen molar-refractivity contribution in [2.45, 2.75) is 98.3 Å². The Morgan fingerprint density at radius 1 is 0.710 bits per heavy atom. The van der Waals surface area contributed by atoms with Crippen LogP contribution in [0.15, 0.2) is 0 Å². The zero-order valence-corrected chi connectivity index (χ0v) is 20.8. The van der Waals surface area contributed by atoms with Gasteiger partial charge in [0.1, 0.15) is 0 Å². The average molecular weight is 433 g/mol. The Kier molecular flexibility index (Phi) is 9.28. The van der Waals surface area contributed by atoms with Gasteiger partial charge in [-0.25, -0.2) is 0 Å². The van der Waals surface area contributed by atoms with Crippen molar-refractivity contribution in [3.63, 3.8) is 0 Å². The molecule has 0 bridgehead atoms. The second-order valence-electron chi connectivity index (χ2n) is 11.5. The summed E-state index contributed by atoms with van der Waals surface area (Å²) in [7, 11) is 0. The van der Waals surface area contributed by atoms with Crippen LogP contribution in [0.1, 0.15) is 98.3 Å². The van der Waals surface area contributed by atoms with E-state index in [2.05, 4.69) is 23.6 Å². The van der Waals surface area contributed by atoms with Crippen LogP contribution in [0.2, 0.25) is 0 Å². The predicted octanol–water partition coefficient (Wildman–Crippen LogP) is 5.75. The van der Waals surface area contributed by atoms with Gasteiger partial charge in [0.2, 0.25) is 11.8 Å². The summed E-state index contributed by atoms with van der Waals surface area (Å²) in [5.41, 5.74) is 0. The van der Waals surface area contributed by atoms with E-state index in [0.717, 1.165) is 62.7 Å². The Bertz CT molecular complexity index is 564. The van der Waals surface area contributed by atoms with Gasteiger partial charge in [-0.05, 0) is 75.0 Å². The minimum atomic E-state index is 0.129. The molecule has 0 unspecified atom stereocenters. The van der Waals surface area contributed by atoms with Crippen LogP contribution in [0, 0.1) is 35.5 Å². The summed E-state index contributed by atoms with van der Waals surface area (Å²) in [5, 5.41) is 0. The Hall–Kier alpha value is -1.06. The number of nitrogens with zero attached hydrogens (tertiary/aromatic N) is 2. The van der Waals surface area contributed by atoms with Crippen molar-refractivity contribution in [1.29, 1.82) is 0 Å². The number of carbonyl (C=O) groups excluding carboxylic acids is 2. The van der Waals surface area contributed by atoms with Crippen LogP contribution < -0.4 is 0 Å². The molecule has 2 heterocycles. The third-order valence-electron chi connectivity index (χ3n) is 8.63. The van der Waals surface area contributed by atoms with Crippen LogP contribution in [0.4, 0.5) is 0 Å². The van der Waals surface area contributed by atoms with Gasteiger partial charge >= 0.3 is 0 Å². The van der Waals surface area contributed by atoms with Gasteiger partial charge in [-0.1, -0.05) is 47.0 Å². The number of hydrogen-bond acceptors (Lipinski definition) is 2. The maximum Gasteiger partial charge on any atom is 0.225 e. The Morgan fingerprint density at radius 3 is 1.65 bits per heavy atom. The summed E-state index contributed by atoms with van der Waals surface area (Å²) < 4.78 is 0. The molecule has 2 amide bonds. The first-order chi connectivity index (χ1) is 14.8. The highest BCUT2D eigenvalue weighted by Crippen LogP contribution is 2.35. The molecule has 0 aromatic heterocycles. The molecule has 3 aliphatic rings. The van der Waals surface area contributed by atoms with E-state index >= 15 is 0 Å². The van der Waals surface area contributed by atoms with Crippen molar-refractivity contribution < 1.29 is 9.59 Å². The zero-order valence-electron chi connectivity index (χ0n) is 20.8. The third kappa shape index (κ3) is 6.96. The van der Waals surface area contributed by atoms with E-state index in [0.29, 0.717) is 17.7 Å². The van der Waals surface area contributed by atoms with Crippen LogP contribution in [-0.2, 0) is 9.59 Å². The molecule has 1 aliphatic carbocycles. The van der Waals surface area contributed by atoms with Gasteiger partial charge in [0.15, 0.2) is 0 Å². The van der Waals surface area contributed by atoms with Gasteiger partial charge in [-0.3, -0.25) is 9.59 Å². The van der Waals surface area contributed by atoms with Gasteiger partial charge in [-0.15, -0.1) is 0 Å². The lowest BCUT2D eigenvalue weighted by Gasteiger charge is -2.37. The Balaban J connectivity index is 1.28. The van der Waals surface area contributed by atoms with E-state index in [1.165, 1.54) is 57.8 Å². The lowest BCUT2D eigenvalue weighted by Crippen LogP contribution is -2.43. The maximum atomic E-state index is 13.0. The largest absolute Gasteiger partial charge is 0.342 e. The zero-order chi connectivity index (χ0) is 22.4. The fourth-order valence-corrected chi connectivity index (χ4v) is 6.24. The van der Waals surface area contributed by atoms with Gasteiger partial charge in [-0.2, -0.15) is 0 Å². The summed E-state index contributed by atoms with van der Waals surface area (Å²) in [5.74, 6) is 4.43. The van der Waals surface area contributed by atoms with E-state index in [1.54, 1.807) is 0 Å². The van der Waals surface area contributed by atoms with Crippen molar-refractivity contribution >= 4 is 11.8 Å². The number of amides is 2. The third-order valence-corrected chi connectivity index (χ3v) is 8.63. The molecule has 4 nitrogen and oxygen atoms in total. The molecule has 2 saturated heterocycles. The van der Waals surface area contributed by atoms with Crippen molar-refractivity contribution in [2.75, 3.05) is 26.2 Å². The average Bonchev–Trinajstić information content (AvgIpc) is 2.79. The van der Waals surface area contributed by atoms with Crippen LogP contribution in [0.25, 0.3) is 0 Å². The summed E-state index contributed by atoms with van der Waals surface area (Å²) in [4.78, 5) is 29.4. The van der Waals surface area contributed by atoms with E-state index in [4.69, 9.17) is 0 Å². The first kappa shape index (κ1) is 24.6. The second kappa shape index (κ2) is 11.7. The van der Waals surface area contributed by atoms with Crippen molar-refractivity contribution in [3.05, 3.63) is 0 Å². The van der Waals surface area contributed by atoms with Gasteiger partial charge in [0.05, 0.1) is 0 Å². The van der Waals surface area contributed by atoms with E-state index in [1.807, 2.05) is 13.8 Å². The summed E-state index contributed by atoms with van der Waals surface area (Å²) in [6, 6.07) is 0. The highest BCUT2D eigenvalue weighted by Gasteiger charge is 2.32. The monoisotopic (exact) mass is 432 g/mol. The van der Waals surface area contributed by atoms with Crippen molar-refractivity contribution in [2.24, 2.45) is 35.5 Å². The number of likely N-dealkylation sites (tertiary alicyclic amines) is 2. The number of carbonyl (C=O) groups is 2. The van der Waals surface area contributed by atoms with E-state index in [-0.39, 0.29) is 5.92 Å². The lowest BCUT2D eigenvalue weighted by atomic mass is 9.76. The standard InChI is InChI=1S/C27H48N2O2/c1-20(2)24-8-10-25(11-9-24)27(31)29-18-14-23(15-19-29)7-5-6-22-12-16-28(17-13-22)26(30)21(3)4/h20-25H,5-19H2,1-4H3. The molecule has 0 radical (unpaired) electrons. The fourth-order valence-electron chi connectivity index (χ4n) is 6.24. The first-order valence-corrected chi connectivity index (χ1v) is 13.4. The first-order valence-electron chi connectivity index (χ1n) is 13.4. The minimum Gasteiger partial charge on any atom is -0.342 e. The normalized spacial score (nSPS) is 26.6. The molecule has 0 N–H and O–H groups in total. The number of rotatable bonds is 7. The lowest BCUT2D eigenvalue weighted by molar-refractivity contribution is -0.138. The quantitative estimate of drug-likeness (QED) is 0.514. The minimum absolute atomic E-state index is 0.129. The second-order valence-corrected chi connectivity index (χ2v) is 11.5. The molecule has 4 heteroatoms. The molecule has 0 atom stereocenters. The number of hydrogen-bond donors (Lipinski definition) is 0. The molecule has 0 aromatic rings. The Labute approximate surface area is 191 Å². The Morgan fingerprint density at radius 2 is 1.19 bits per heavy atom. The maximum absolute atomic E-state index is 13.0. The molecule has 3 rings (SSSR count). The topological polar surface area (TPSA) is 40.6 Å². The molecule has 0 spiro atoms. The summed E-state index contributed by atoms with van der Waals surface area (Å²) in [6.07, 6.45) is 13.5. The van der Waals surface area contributed by atoms with Crippen LogP contribution in [0.5, 0.6) is 0 Å². The van der Waals surface area contributed by atoms with Crippen molar-refractivity contribution in [1.82, 2.24) is 9.80 Å². The van der Waals surface area contributed by atoms with E-state index in [9.17, 15) is 9.59 Å². The SMILES string of the molecule is CC(C)C(=O)N1CCC(CCCC2CCN(C(=O)C3CCC(C(C)C)CC3)CC2)CC1. The fraction of sp³-hybridized carbons (Fsp3) is 0.926. The molecular weight excluding hydrogens is 384 g/mol. The van der Waals surface area contributed by atoms with Crippen LogP contribution in [-0.4, -0.2) is 47.8 Å². The highest BCUT2D eigenvalue weighted by molar-refractivity contribution is 5.79. The predicted molar refractivity (Wildman–Crippen MR) is 128 cm³/mol. The summed E-state index contributed by atoms with van der Waals surface area (Å²) in [6.45, 7) is 12.6. The summed E-state index contributed by atoms with van der Waals surface area (Å²) >= 11 is 0. The number of piperidine rings is 2. The van der Waals surface area contributed by atoms with Crippen LogP contribution >= 0.6 is 0 Å². The molecule has 3 fully saturated rings. The molecule has 31 heavy (non-hydrogen) atoms. The van der Waals surface area contributed by atoms with E-state index < -0.39 is 0 Å². The van der Waals surface area contributed by atoms with Gasteiger partial charge in [0.25, 0.3) is 0 Å². The smallest absolute Gasteiger partial charge is 0.225 e. The van der Waals surface area contributed by atoms with Crippen molar-refractivity contribution in [3.8, 4) is 0 Å². The molecule has 2 aliphatic heterocycles. The molecule has 1 saturated carbocycles. The van der Waals surface area contributed by atoms with Gasteiger partial charge < -0.3 is 9.80 Å². The molecule has 178 valence electrons. The van der Waals surface area contributed by atoms with Gasteiger partial charge in [0, 0.05) is 38.0 Å². The van der Waals surface area contributed by atoms with Crippen LogP contribution in [0.3, 0.4) is 0 Å².